The van der Waals surface area contributed by atoms with Gasteiger partial charge in [0, 0.05) is 11.4 Å². The molecule has 0 saturated carbocycles. The summed E-state index contributed by atoms with van der Waals surface area (Å²) in [5.74, 6) is -0.761. The second-order valence-electron chi connectivity index (χ2n) is 4.97. The Morgan fingerprint density at radius 3 is 2.79 bits per heavy atom. The summed E-state index contributed by atoms with van der Waals surface area (Å²) in [6.45, 7) is 2.59. The van der Waals surface area contributed by atoms with Crippen LogP contribution in [-0.2, 0) is 16.6 Å². The second kappa shape index (κ2) is 7.41. The second-order valence-corrected chi connectivity index (χ2v) is 7.51. The average molecular weight is 390 g/mol. The summed E-state index contributed by atoms with van der Waals surface area (Å²) < 4.78 is 29.1. The molecule has 0 spiro atoms. The topological polar surface area (TPSA) is 120 Å². The van der Waals surface area contributed by atoms with Gasteiger partial charge in [0.15, 0.2) is 0 Å². The fourth-order valence-electron chi connectivity index (χ4n) is 1.95. The zero-order chi connectivity index (χ0) is 17.9. The molecule has 0 aliphatic heterocycles. The minimum absolute atomic E-state index is 0.0255. The largest absolute Gasteiger partial charge is 0.366 e. The van der Waals surface area contributed by atoms with E-state index in [2.05, 4.69) is 27.5 Å². The maximum Gasteiger partial charge on any atom is 0.265 e. The quantitative estimate of drug-likeness (QED) is 0.625. The third-order valence-corrected chi connectivity index (χ3v) is 5.40. The summed E-state index contributed by atoms with van der Waals surface area (Å²) in [5, 5.41) is 7.50. The van der Waals surface area contributed by atoms with E-state index >= 15 is 0 Å². The van der Waals surface area contributed by atoms with Crippen LogP contribution in [0, 0.1) is 0 Å². The molecule has 0 saturated heterocycles. The number of carbonyl (C=O) groups is 1. The maximum atomic E-state index is 12.6. The monoisotopic (exact) mass is 389 g/mol. The van der Waals surface area contributed by atoms with Crippen LogP contribution in [0.5, 0.6) is 0 Å². The zero-order valence-electron chi connectivity index (χ0n) is 12.7. The Kier molecular flexibility index (Phi) is 5.73. The van der Waals surface area contributed by atoms with Gasteiger partial charge in [-0.3, -0.25) is 9.36 Å². The van der Waals surface area contributed by atoms with Crippen molar-refractivity contribution in [2.75, 3.05) is 4.72 Å². The summed E-state index contributed by atoms with van der Waals surface area (Å²) in [4.78, 5) is 11.2. The molecule has 24 heavy (non-hydrogen) atoms. The molecule has 2 rings (SSSR count). The van der Waals surface area contributed by atoms with Crippen LogP contribution in [0.15, 0.2) is 28.3 Å². The molecule has 1 aromatic carbocycles. The lowest BCUT2D eigenvalue weighted by Gasteiger charge is -2.12. The highest BCUT2D eigenvalue weighted by Gasteiger charge is 2.23. The Bertz CT molecular complexity index is 866. The highest BCUT2D eigenvalue weighted by molar-refractivity contribution is 7.93. The normalized spacial score (nSPS) is 11.5. The number of nitrogens with zero attached hydrogens (tertiary/aromatic N) is 3. The van der Waals surface area contributed by atoms with Crippen LogP contribution in [0.4, 0.5) is 5.95 Å². The third kappa shape index (κ3) is 4.00. The van der Waals surface area contributed by atoms with Crippen LogP contribution in [0.2, 0.25) is 5.02 Å². The molecule has 0 aliphatic carbocycles. The van der Waals surface area contributed by atoms with E-state index in [0.717, 1.165) is 18.9 Å². The molecule has 0 aliphatic rings. The van der Waals surface area contributed by atoms with Crippen molar-refractivity contribution < 1.29 is 13.2 Å². The number of thiol groups is 1. The molecule has 2 aromatic rings. The van der Waals surface area contributed by atoms with Gasteiger partial charge in [-0.2, -0.15) is 0 Å². The van der Waals surface area contributed by atoms with Gasteiger partial charge < -0.3 is 5.73 Å². The molecule has 8 nitrogen and oxygen atoms in total. The summed E-state index contributed by atoms with van der Waals surface area (Å²) in [5.41, 5.74) is 5.09. The Balaban J connectivity index is 2.40. The molecule has 0 unspecified atom stereocenters. The molecule has 130 valence electrons. The van der Waals surface area contributed by atoms with Crippen LogP contribution in [-0.4, -0.2) is 29.1 Å². The van der Waals surface area contributed by atoms with E-state index in [1.165, 1.54) is 12.4 Å². The number of carbonyl (C=O) groups excluding carboxylic acids is 1. The number of hydrogen-bond acceptors (Lipinski definition) is 6. The summed E-state index contributed by atoms with van der Waals surface area (Å²) in [7, 11) is -4.05. The Morgan fingerprint density at radius 2 is 2.17 bits per heavy atom. The number of nitrogens with one attached hydrogen (secondary N) is 1. The number of aromatic nitrogens is 3. The van der Waals surface area contributed by atoms with Gasteiger partial charge in [-0.05, 0) is 18.6 Å². The molecule has 0 atom stereocenters. The fraction of sp³-hybridized carbons (Fsp3) is 0.308. The van der Waals surface area contributed by atoms with Gasteiger partial charge in [0.2, 0.25) is 11.9 Å². The van der Waals surface area contributed by atoms with Gasteiger partial charge in [-0.15, -0.1) is 22.8 Å². The van der Waals surface area contributed by atoms with Gasteiger partial charge in [0.25, 0.3) is 10.0 Å². The number of anilines is 1. The molecule has 1 aromatic heterocycles. The number of halogens is 1. The van der Waals surface area contributed by atoms with Crippen molar-refractivity contribution in [3.63, 3.8) is 0 Å². The molecule has 0 bridgehead atoms. The minimum Gasteiger partial charge on any atom is -0.366 e. The van der Waals surface area contributed by atoms with Crippen LogP contribution < -0.4 is 10.5 Å². The number of nitrogens with two attached hydrogens (primary N) is 1. The predicted octanol–water partition coefficient (Wildman–Crippen LogP) is 1.92. The van der Waals surface area contributed by atoms with Crippen LogP contribution in [0.3, 0.4) is 0 Å². The van der Waals surface area contributed by atoms with Gasteiger partial charge in [0.1, 0.15) is 11.2 Å². The highest BCUT2D eigenvalue weighted by atomic mass is 35.5. The molecular weight excluding hydrogens is 374 g/mol. The van der Waals surface area contributed by atoms with Crippen molar-refractivity contribution >= 4 is 46.1 Å². The lowest BCUT2D eigenvalue weighted by molar-refractivity contribution is 0.1000. The van der Waals surface area contributed by atoms with Crippen molar-refractivity contribution in [1.29, 1.82) is 0 Å². The number of benzene rings is 1. The van der Waals surface area contributed by atoms with E-state index in [-0.39, 0.29) is 26.3 Å². The van der Waals surface area contributed by atoms with Crippen molar-refractivity contribution in [2.24, 2.45) is 5.73 Å². The van der Waals surface area contributed by atoms with Crippen molar-refractivity contribution in [3.05, 3.63) is 29.0 Å². The first kappa shape index (κ1) is 18.6. The number of unbranched alkanes of at least 4 members (excludes halogenated alkanes) is 1. The molecule has 1 amide bonds. The van der Waals surface area contributed by atoms with Crippen LogP contribution >= 0.6 is 24.2 Å². The van der Waals surface area contributed by atoms with E-state index in [4.69, 9.17) is 17.3 Å². The van der Waals surface area contributed by atoms with Crippen LogP contribution in [0.25, 0.3) is 0 Å². The summed E-state index contributed by atoms with van der Waals surface area (Å²) >= 11 is 9.99. The molecule has 0 radical (unpaired) electrons. The number of hydrogen-bond donors (Lipinski definition) is 3. The number of primary amides is 1. The van der Waals surface area contributed by atoms with Crippen LogP contribution in [0.1, 0.15) is 30.1 Å². The highest BCUT2D eigenvalue weighted by Crippen LogP contribution is 2.28. The number of amides is 1. The zero-order valence-corrected chi connectivity index (χ0v) is 15.2. The van der Waals surface area contributed by atoms with E-state index in [9.17, 15) is 13.2 Å². The standard InChI is InChI=1S/C13H16ClN5O3S2/c1-2-3-4-19-7-16-17-13(19)18-24(21,22)11-5-8(12(15)20)9(14)6-10(11)23/h5-7,23H,2-4H2,1H3,(H2,15,20)(H,17,18). The summed E-state index contributed by atoms with van der Waals surface area (Å²) in [6.07, 6.45) is 3.22. The predicted molar refractivity (Wildman–Crippen MR) is 93.0 cm³/mol. The van der Waals surface area contributed by atoms with Crippen molar-refractivity contribution in [2.45, 2.75) is 36.1 Å². The number of rotatable bonds is 7. The molecular formula is C13H16ClN5O3S2. The third-order valence-electron chi connectivity index (χ3n) is 3.20. The van der Waals surface area contributed by atoms with Gasteiger partial charge >= 0.3 is 0 Å². The molecule has 11 heteroatoms. The van der Waals surface area contributed by atoms with E-state index in [1.54, 1.807) is 4.57 Å². The van der Waals surface area contributed by atoms with Gasteiger partial charge in [0.05, 0.1) is 10.6 Å². The lowest BCUT2D eigenvalue weighted by atomic mass is 10.2. The van der Waals surface area contributed by atoms with E-state index < -0.39 is 15.9 Å². The summed E-state index contributed by atoms with van der Waals surface area (Å²) in [6, 6.07) is 2.34. The van der Waals surface area contributed by atoms with Gasteiger partial charge in [-0.1, -0.05) is 24.9 Å². The SMILES string of the molecule is CCCCn1cnnc1NS(=O)(=O)c1cc(C(N)=O)c(Cl)cc1S. The fourth-order valence-corrected chi connectivity index (χ4v) is 3.95. The molecule has 0 fully saturated rings. The van der Waals surface area contributed by atoms with E-state index in [1.807, 2.05) is 6.92 Å². The first-order valence-corrected chi connectivity index (χ1v) is 9.30. The smallest absolute Gasteiger partial charge is 0.265 e. The van der Waals surface area contributed by atoms with Crippen molar-refractivity contribution in [1.82, 2.24) is 14.8 Å². The minimum atomic E-state index is -4.05. The molecule has 3 N–H and O–H groups in total. The first-order chi connectivity index (χ1) is 11.3. The van der Waals surface area contributed by atoms with Crippen molar-refractivity contribution in [3.8, 4) is 0 Å². The number of aryl methyl sites for hydroxylation is 1. The maximum absolute atomic E-state index is 12.6. The van der Waals surface area contributed by atoms with Gasteiger partial charge in [-0.25, -0.2) is 13.1 Å². The molecule has 1 heterocycles. The number of sulfonamides is 1. The lowest BCUT2D eigenvalue weighted by Crippen LogP contribution is -2.19. The average Bonchev–Trinajstić information content (AvgIpc) is 2.90. The van der Waals surface area contributed by atoms with E-state index in [0.29, 0.717) is 6.54 Å². The Labute approximate surface area is 149 Å². The Hall–Kier alpha value is -1.78. The Morgan fingerprint density at radius 1 is 1.46 bits per heavy atom. The first-order valence-electron chi connectivity index (χ1n) is 6.99.